The van der Waals surface area contributed by atoms with Crippen LogP contribution in [0.2, 0.25) is 0 Å². The number of rotatable bonds is 7. The van der Waals surface area contributed by atoms with Gasteiger partial charge in [0.15, 0.2) is 0 Å². The van der Waals surface area contributed by atoms with Crippen LogP contribution < -0.4 is 5.32 Å². The number of hydrogen-bond acceptors (Lipinski definition) is 3. The summed E-state index contributed by atoms with van der Waals surface area (Å²) >= 11 is 0. The van der Waals surface area contributed by atoms with Gasteiger partial charge in [-0.25, -0.2) is 0 Å². The second-order valence-corrected chi connectivity index (χ2v) is 5.40. The Morgan fingerprint density at radius 2 is 2.11 bits per heavy atom. The summed E-state index contributed by atoms with van der Waals surface area (Å²) in [4.78, 5) is 11.9. The van der Waals surface area contributed by atoms with Gasteiger partial charge in [-0.1, -0.05) is 39.5 Å². The Bertz CT molecular complexity index is 243. The third-order valence-corrected chi connectivity index (χ3v) is 3.95. The van der Waals surface area contributed by atoms with Crippen molar-refractivity contribution in [1.82, 2.24) is 5.32 Å². The van der Waals surface area contributed by atoms with E-state index in [0.29, 0.717) is 12.6 Å². The van der Waals surface area contributed by atoms with Crippen LogP contribution in [0, 0.1) is 5.92 Å². The van der Waals surface area contributed by atoms with E-state index in [1.165, 1.54) is 32.1 Å². The summed E-state index contributed by atoms with van der Waals surface area (Å²) in [6.07, 6.45) is 8.22. The fraction of sp³-hybridized carbons (Fsp3) is 0.933. The first-order valence-electron chi connectivity index (χ1n) is 7.63. The monoisotopic (exact) mass is 255 g/mol. The summed E-state index contributed by atoms with van der Waals surface area (Å²) in [5, 5.41) is 3.53. The predicted molar refractivity (Wildman–Crippen MR) is 74.5 cm³/mol. The van der Waals surface area contributed by atoms with E-state index in [1.54, 1.807) is 0 Å². The maximum Gasteiger partial charge on any atom is 0.323 e. The van der Waals surface area contributed by atoms with Crippen LogP contribution in [0.25, 0.3) is 0 Å². The molecule has 0 radical (unpaired) electrons. The zero-order valence-corrected chi connectivity index (χ0v) is 12.2. The van der Waals surface area contributed by atoms with Crippen molar-refractivity contribution in [3.05, 3.63) is 0 Å². The van der Waals surface area contributed by atoms with Gasteiger partial charge < -0.3 is 10.1 Å². The maximum absolute atomic E-state index is 11.9. The average Bonchev–Trinajstić information content (AvgIpc) is 2.39. The number of esters is 1. The van der Waals surface area contributed by atoms with Crippen LogP contribution in [-0.2, 0) is 9.53 Å². The lowest BCUT2D eigenvalue weighted by Crippen LogP contribution is -2.46. The van der Waals surface area contributed by atoms with E-state index in [1.807, 2.05) is 6.92 Å². The zero-order chi connectivity index (χ0) is 13.4. The van der Waals surface area contributed by atoms with E-state index in [4.69, 9.17) is 4.74 Å². The Morgan fingerprint density at radius 1 is 1.33 bits per heavy atom. The van der Waals surface area contributed by atoms with E-state index in [9.17, 15) is 4.79 Å². The van der Waals surface area contributed by atoms with Crippen molar-refractivity contribution >= 4 is 5.97 Å². The Morgan fingerprint density at radius 3 is 2.72 bits per heavy atom. The molecule has 0 bridgehead atoms. The molecule has 0 amide bonds. The van der Waals surface area contributed by atoms with Crippen molar-refractivity contribution in [3.8, 4) is 0 Å². The molecule has 1 fully saturated rings. The summed E-state index contributed by atoms with van der Waals surface area (Å²) in [6, 6.07) is 0.403. The molecule has 1 rings (SSSR count). The SMILES string of the molecule is CCCC(NC1CCCC(CC)C1)C(=O)OCC. The minimum Gasteiger partial charge on any atom is -0.465 e. The molecular formula is C15H29NO2. The molecule has 0 spiro atoms. The molecule has 0 aromatic carbocycles. The van der Waals surface area contributed by atoms with Gasteiger partial charge in [0.2, 0.25) is 0 Å². The van der Waals surface area contributed by atoms with Gasteiger partial charge in [-0.15, -0.1) is 0 Å². The molecule has 1 saturated carbocycles. The third kappa shape index (κ3) is 4.97. The molecule has 1 N–H and O–H groups in total. The van der Waals surface area contributed by atoms with Crippen molar-refractivity contribution in [2.24, 2.45) is 5.92 Å². The fourth-order valence-corrected chi connectivity index (χ4v) is 2.90. The lowest BCUT2D eigenvalue weighted by atomic mass is 9.84. The fourth-order valence-electron chi connectivity index (χ4n) is 2.90. The minimum atomic E-state index is -0.101. The predicted octanol–water partition coefficient (Wildman–Crippen LogP) is 3.28. The smallest absolute Gasteiger partial charge is 0.323 e. The Labute approximate surface area is 112 Å². The van der Waals surface area contributed by atoms with Crippen LogP contribution in [0.1, 0.15) is 65.7 Å². The van der Waals surface area contributed by atoms with Crippen molar-refractivity contribution < 1.29 is 9.53 Å². The highest BCUT2D eigenvalue weighted by molar-refractivity contribution is 5.75. The van der Waals surface area contributed by atoms with Gasteiger partial charge in [0.05, 0.1) is 6.61 Å². The average molecular weight is 255 g/mol. The zero-order valence-electron chi connectivity index (χ0n) is 12.2. The maximum atomic E-state index is 11.9. The molecule has 3 unspecified atom stereocenters. The summed E-state index contributed by atoms with van der Waals surface area (Å²) in [6.45, 7) is 6.73. The first kappa shape index (κ1) is 15.5. The highest BCUT2D eigenvalue weighted by Crippen LogP contribution is 2.27. The van der Waals surface area contributed by atoms with Gasteiger partial charge in [0.1, 0.15) is 6.04 Å². The molecule has 3 nitrogen and oxygen atoms in total. The number of carbonyl (C=O) groups is 1. The van der Waals surface area contributed by atoms with Crippen molar-refractivity contribution in [3.63, 3.8) is 0 Å². The summed E-state index contributed by atoms with van der Waals surface area (Å²) < 4.78 is 5.15. The van der Waals surface area contributed by atoms with Crippen molar-refractivity contribution in [2.75, 3.05) is 6.61 Å². The highest BCUT2D eigenvalue weighted by Gasteiger charge is 2.26. The second kappa shape index (κ2) is 8.52. The van der Waals surface area contributed by atoms with E-state index < -0.39 is 0 Å². The summed E-state index contributed by atoms with van der Waals surface area (Å²) in [5.41, 5.74) is 0. The summed E-state index contributed by atoms with van der Waals surface area (Å²) in [7, 11) is 0. The normalized spacial score (nSPS) is 25.7. The molecule has 0 aromatic heterocycles. The Hall–Kier alpha value is -0.570. The lowest BCUT2D eigenvalue weighted by molar-refractivity contribution is -0.146. The molecule has 0 saturated heterocycles. The van der Waals surface area contributed by atoms with Gasteiger partial charge in [0.25, 0.3) is 0 Å². The number of ether oxygens (including phenoxy) is 1. The molecule has 1 aliphatic carbocycles. The van der Waals surface area contributed by atoms with E-state index in [0.717, 1.165) is 18.8 Å². The molecule has 3 heteroatoms. The van der Waals surface area contributed by atoms with Crippen LogP contribution in [-0.4, -0.2) is 24.7 Å². The first-order chi connectivity index (χ1) is 8.71. The van der Waals surface area contributed by atoms with Crippen molar-refractivity contribution in [1.29, 1.82) is 0 Å². The van der Waals surface area contributed by atoms with Gasteiger partial charge >= 0.3 is 5.97 Å². The molecule has 0 aliphatic heterocycles. The lowest BCUT2D eigenvalue weighted by Gasteiger charge is -2.31. The summed E-state index contributed by atoms with van der Waals surface area (Å²) in [5.74, 6) is 0.763. The van der Waals surface area contributed by atoms with Crippen LogP contribution in [0.4, 0.5) is 0 Å². The Kier molecular flexibility index (Phi) is 7.33. The van der Waals surface area contributed by atoms with Crippen LogP contribution in [0.5, 0.6) is 0 Å². The largest absolute Gasteiger partial charge is 0.465 e. The van der Waals surface area contributed by atoms with E-state index in [-0.39, 0.29) is 12.0 Å². The van der Waals surface area contributed by atoms with Gasteiger partial charge in [-0.3, -0.25) is 4.79 Å². The van der Waals surface area contributed by atoms with Gasteiger partial charge in [0, 0.05) is 6.04 Å². The number of hydrogen-bond donors (Lipinski definition) is 1. The van der Waals surface area contributed by atoms with E-state index in [2.05, 4.69) is 19.2 Å². The standard InChI is InChI=1S/C15H29NO2/c1-4-8-14(15(17)18-6-3)16-13-10-7-9-12(5-2)11-13/h12-14,16H,4-11H2,1-3H3. The van der Waals surface area contributed by atoms with Crippen LogP contribution >= 0.6 is 0 Å². The van der Waals surface area contributed by atoms with Crippen LogP contribution in [0.3, 0.4) is 0 Å². The van der Waals surface area contributed by atoms with Crippen molar-refractivity contribution in [2.45, 2.75) is 77.8 Å². The quantitative estimate of drug-likeness (QED) is 0.710. The molecule has 1 aliphatic rings. The number of nitrogens with one attached hydrogen (secondary N) is 1. The highest BCUT2D eigenvalue weighted by atomic mass is 16.5. The first-order valence-corrected chi connectivity index (χ1v) is 7.63. The van der Waals surface area contributed by atoms with Gasteiger partial charge in [-0.2, -0.15) is 0 Å². The number of carbonyl (C=O) groups excluding carboxylic acids is 1. The molecule has 0 aromatic rings. The topological polar surface area (TPSA) is 38.3 Å². The molecule has 3 atom stereocenters. The molecule has 18 heavy (non-hydrogen) atoms. The minimum absolute atomic E-state index is 0.0713. The Balaban J connectivity index is 2.46. The van der Waals surface area contributed by atoms with E-state index >= 15 is 0 Å². The molecular weight excluding hydrogens is 226 g/mol. The molecule has 106 valence electrons. The van der Waals surface area contributed by atoms with Gasteiger partial charge in [-0.05, 0) is 32.1 Å². The second-order valence-electron chi connectivity index (χ2n) is 5.40. The molecule has 0 heterocycles. The third-order valence-electron chi connectivity index (χ3n) is 3.95. The van der Waals surface area contributed by atoms with Crippen LogP contribution in [0.15, 0.2) is 0 Å².